The van der Waals surface area contributed by atoms with E-state index in [1.807, 2.05) is 25.1 Å². The smallest absolute Gasteiger partial charge is 0.321 e. The van der Waals surface area contributed by atoms with Crippen molar-refractivity contribution in [2.24, 2.45) is 0 Å². The van der Waals surface area contributed by atoms with Crippen molar-refractivity contribution < 1.29 is 9.59 Å². The van der Waals surface area contributed by atoms with Gasteiger partial charge in [-0.3, -0.25) is 15.0 Å². The third-order valence-corrected chi connectivity index (χ3v) is 3.95. The second-order valence-electron chi connectivity index (χ2n) is 5.76. The Balaban J connectivity index is 1.80. The van der Waals surface area contributed by atoms with Crippen LogP contribution in [-0.4, -0.2) is 42.5 Å². The molecule has 1 aromatic carbocycles. The van der Waals surface area contributed by atoms with Crippen molar-refractivity contribution in [2.75, 3.05) is 19.6 Å². The number of imide groups is 1. The number of rotatable bonds is 6. The molecule has 120 valence electrons. The van der Waals surface area contributed by atoms with Crippen LogP contribution in [0.25, 0.3) is 0 Å². The fraction of sp³-hybridized carbons (Fsp3) is 0.529. The van der Waals surface area contributed by atoms with Crippen LogP contribution in [0.15, 0.2) is 30.3 Å². The van der Waals surface area contributed by atoms with Gasteiger partial charge in [0.15, 0.2) is 0 Å². The average molecular weight is 303 g/mol. The largest absolute Gasteiger partial charge is 0.338 e. The summed E-state index contributed by atoms with van der Waals surface area (Å²) in [5.74, 6) is -0.228. The summed E-state index contributed by atoms with van der Waals surface area (Å²) in [5.41, 5.74) is 1.29. The average Bonchev–Trinajstić information content (AvgIpc) is 2.93. The van der Waals surface area contributed by atoms with Crippen molar-refractivity contribution in [3.05, 3.63) is 35.9 Å². The van der Waals surface area contributed by atoms with Crippen LogP contribution < -0.4 is 10.6 Å². The molecule has 1 atom stereocenters. The minimum atomic E-state index is -0.398. The Morgan fingerprint density at radius 3 is 2.77 bits per heavy atom. The molecule has 0 spiro atoms. The second kappa shape index (κ2) is 8.54. The maximum absolute atomic E-state index is 12.0. The van der Waals surface area contributed by atoms with Crippen LogP contribution >= 0.6 is 0 Å². The van der Waals surface area contributed by atoms with E-state index in [0.717, 1.165) is 32.2 Å². The molecule has 5 heteroatoms. The molecule has 1 aliphatic rings. The van der Waals surface area contributed by atoms with Crippen LogP contribution in [0.2, 0.25) is 0 Å². The summed E-state index contributed by atoms with van der Waals surface area (Å²) in [4.78, 5) is 25.6. The van der Waals surface area contributed by atoms with Gasteiger partial charge in [0.05, 0.1) is 6.54 Å². The van der Waals surface area contributed by atoms with E-state index in [0.29, 0.717) is 12.6 Å². The van der Waals surface area contributed by atoms with Gasteiger partial charge in [0.2, 0.25) is 5.91 Å². The molecule has 0 bridgehead atoms. The Morgan fingerprint density at radius 1 is 1.27 bits per heavy atom. The van der Waals surface area contributed by atoms with Crippen LogP contribution in [0.4, 0.5) is 4.79 Å². The highest BCUT2D eigenvalue weighted by molar-refractivity contribution is 5.95. The van der Waals surface area contributed by atoms with Crippen molar-refractivity contribution >= 4 is 11.9 Å². The summed E-state index contributed by atoms with van der Waals surface area (Å²) < 4.78 is 0. The molecule has 22 heavy (non-hydrogen) atoms. The first-order valence-corrected chi connectivity index (χ1v) is 8.04. The third-order valence-electron chi connectivity index (χ3n) is 3.95. The highest BCUT2D eigenvalue weighted by Crippen LogP contribution is 2.20. The summed E-state index contributed by atoms with van der Waals surface area (Å²) in [5, 5.41) is 5.05. The lowest BCUT2D eigenvalue weighted by Gasteiger charge is -2.23. The molecule has 0 unspecified atom stereocenters. The standard InChI is InChI=1S/C17H25N3O2/c1-2-10-18-17(22)19-16(21)13-20-11-6-9-15(20)12-14-7-4-3-5-8-14/h3-5,7-8,15H,2,6,9-13H2,1H3,(H2,18,19,21,22)/t15-/m0/s1. The van der Waals surface area contributed by atoms with Gasteiger partial charge in [-0.05, 0) is 37.8 Å². The summed E-state index contributed by atoms with van der Waals surface area (Å²) in [6.07, 6.45) is 4.01. The van der Waals surface area contributed by atoms with Gasteiger partial charge in [-0.2, -0.15) is 0 Å². The van der Waals surface area contributed by atoms with Crippen LogP contribution in [0.3, 0.4) is 0 Å². The first-order chi connectivity index (χ1) is 10.7. The number of carbonyl (C=O) groups excluding carboxylic acids is 2. The molecule has 1 fully saturated rings. The molecule has 0 saturated carbocycles. The molecule has 1 aliphatic heterocycles. The van der Waals surface area contributed by atoms with E-state index in [-0.39, 0.29) is 12.5 Å². The molecular formula is C17H25N3O2. The highest BCUT2D eigenvalue weighted by Gasteiger charge is 2.26. The number of benzene rings is 1. The lowest BCUT2D eigenvalue weighted by Crippen LogP contribution is -2.46. The van der Waals surface area contributed by atoms with E-state index in [1.54, 1.807) is 0 Å². The predicted octanol–water partition coefficient (Wildman–Crippen LogP) is 1.93. The normalized spacial score (nSPS) is 18.1. The van der Waals surface area contributed by atoms with Gasteiger partial charge in [0, 0.05) is 12.6 Å². The number of hydrogen-bond donors (Lipinski definition) is 2. The van der Waals surface area contributed by atoms with Crippen LogP contribution in [0.5, 0.6) is 0 Å². The van der Waals surface area contributed by atoms with Gasteiger partial charge in [-0.25, -0.2) is 4.79 Å². The van der Waals surface area contributed by atoms with Crippen molar-refractivity contribution in [1.82, 2.24) is 15.5 Å². The van der Waals surface area contributed by atoms with Gasteiger partial charge in [-0.1, -0.05) is 37.3 Å². The first kappa shape index (κ1) is 16.5. The lowest BCUT2D eigenvalue weighted by molar-refractivity contribution is -0.121. The minimum absolute atomic E-state index is 0.228. The maximum Gasteiger partial charge on any atom is 0.321 e. The second-order valence-corrected chi connectivity index (χ2v) is 5.76. The molecule has 1 heterocycles. The summed E-state index contributed by atoms with van der Waals surface area (Å²) in [7, 11) is 0. The van der Waals surface area contributed by atoms with Gasteiger partial charge in [0.1, 0.15) is 0 Å². The summed E-state index contributed by atoms with van der Waals surface area (Å²) in [6.45, 7) is 3.76. The van der Waals surface area contributed by atoms with Crippen molar-refractivity contribution in [3.63, 3.8) is 0 Å². The quantitative estimate of drug-likeness (QED) is 0.844. The molecular weight excluding hydrogens is 278 g/mol. The van der Waals surface area contributed by atoms with Gasteiger partial charge in [0.25, 0.3) is 0 Å². The number of amides is 3. The van der Waals surface area contributed by atoms with E-state index < -0.39 is 6.03 Å². The molecule has 0 aromatic heterocycles. The molecule has 2 N–H and O–H groups in total. The van der Waals surface area contributed by atoms with Crippen LogP contribution in [0, 0.1) is 0 Å². The van der Waals surface area contributed by atoms with E-state index in [2.05, 4.69) is 27.7 Å². The Bertz CT molecular complexity index is 490. The van der Waals surface area contributed by atoms with Crippen molar-refractivity contribution in [3.8, 4) is 0 Å². The zero-order chi connectivity index (χ0) is 15.8. The number of hydrogen-bond acceptors (Lipinski definition) is 3. The SMILES string of the molecule is CCCNC(=O)NC(=O)CN1CCC[C@H]1Cc1ccccc1. The van der Waals surface area contributed by atoms with E-state index >= 15 is 0 Å². The maximum atomic E-state index is 12.0. The summed E-state index contributed by atoms with van der Waals surface area (Å²) in [6, 6.07) is 10.3. The Kier molecular flexibility index (Phi) is 6.40. The minimum Gasteiger partial charge on any atom is -0.338 e. The monoisotopic (exact) mass is 303 g/mol. The predicted molar refractivity (Wildman–Crippen MR) is 86.6 cm³/mol. The molecule has 0 radical (unpaired) electrons. The fourth-order valence-corrected chi connectivity index (χ4v) is 2.85. The zero-order valence-electron chi connectivity index (χ0n) is 13.2. The summed E-state index contributed by atoms with van der Waals surface area (Å²) >= 11 is 0. The van der Waals surface area contributed by atoms with Crippen LogP contribution in [-0.2, 0) is 11.2 Å². The topological polar surface area (TPSA) is 61.4 Å². The number of urea groups is 1. The van der Waals surface area contributed by atoms with Gasteiger partial charge < -0.3 is 5.32 Å². The number of carbonyl (C=O) groups is 2. The zero-order valence-corrected chi connectivity index (χ0v) is 13.2. The lowest BCUT2D eigenvalue weighted by atomic mass is 10.0. The first-order valence-electron chi connectivity index (χ1n) is 8.04. The Morgan fingerprint density at radius 2 is 2.05 bits per heavy atom. The van der Waals surface area contributed by atoms with Gasteiger partial charge in [-0.15, -0.1) is 0 Å². The number of nitrogens with zero attached hydrogens (tertiary/aromatic N) is 1. The molecule has 3 amide bonds. The van der Waals surface area contributed by atoms with E-state index in [9.17, 15) is 9.59 Å². The molecule has 0 aliphatic carbocycles. The van der Waals surface area contributed by atoms with E-state index in [4.69, 9.17) is 0 Å². The Hall–Kier alpha value is -1.88. The fourth-order valence-electron chi connectivity index (χ4n) is 2.85. The molecule has 1 aromatic rings. The number of nitrogens with one attached hydrogen (secondary N) is 2. The molecule has 5 nitrogen and oxygen atoms in total. The van der Waals surface area contributed by atoms with Crippen LogP contribution in [0.1, 0.15) is 31.7 Å². The molecule has 1 saturated heterocycles. The third kappa shape index (κ3) is 5.15. The van der Waals surface area contributed by atoms with E-state index in [1.165, 1.54) is 5.56 Å². The van der Waals surface area contributed by atoms with Crippen molar-refractivity contribution in [1.29, 1.82) is 0 Å². The highest BCUT2D eigenvalue weighted by atomic mass is 16.2. The van der Waals surface area contributed by atoms with Gasteiger partial charge >= 0.3 is 6.03 Å². The Labute approximate surface area is 132 Å². The van der Waals surface area contributed by atoms with Crippen molar-refractivity contribution in [2.45, 2.75) is 38.6 Å². The molecule has 2 rings (SSSR count). The number of likely N-dealkylation sites (tertiary alicyclic amines) is 1.